The van der Waals surface area contributed by atoms with E-state index in [9.17, 15) is 9.59 Å². The van der Waals surface area contributed by atoms with Crippen molar-refractivity contribution in [2.24, 2.45) is 0 Å². The molecule has 3 aromatic rings. The highest BCUT2D eigenvalue weighted by Crippen LogP contribution is 2.23. The standard InChI is InChI=1S/C23H25N3O3/c1-3-29-18-13-11-17(12-14-18)26-22(27)20-10-5-4-9-19(20)21(24-26)23(28)25-15-7-6-8-16(25)2/h4-5,9-14,16H,3,6-8,15H2,1-2H3/t16-/m0/s1. The van der Waals surface area contributed by atoms with Gasteiger partial charge in [0.15, 0.2) is 5.69 Å². The molecule has 0 unspecified atom stereocenters. The SMILES string of the molecule is CCOc1ccc(-n2nc(C(=O)N3CCCC[C@@H]3C)c3ccccc3c2=O)cc1. The fourth-order valence-electron chi connectivity index (χ4n) is 3.91. The van der Waals surface area contributed by atoms with E-state index >= 15 is 0 Å². The molecular formula is C23H25N3O3. The van der Waals surface area contributed by atoms with Crippen LogP contribution in [-0.2, 0) is 0 Å². The fourth-order valence-corrected chi connectivity index (χ4v) is 3.91. The Labute approximate surface area is 169 Å². The van der Waals surface area contributed by atoms with E-state index in [0.717, 1.165) is 31.6 Å². The summed E-state index contributed by atoms with van der Waals surface area (Å²) in [5, 5.41) is 5.62. The van der Waals surface area contributed by atoms with Crippen molar-refractivity contribution in [3.63, 3.8) is 0 Å². The second-order valence-electron chi connectivity index (χ2n) is 7.38. The summed E-state index contributed by atoms with van der Waals surface area (Å²) in [5.41, 5.74) is 0.681. The molecule has 0 saturated carbocycles. The number of piperidine rings is 1. The third-order valence-corrected chi connectivity index (χ3v) is 5.46. The van der Waals surface area contributed by atoms with Crippen LogP contribution in [0, 0.1) is 0 Å². The minimum atomic E-state index is -0.243. The van der Waals surface area contributed by atoms with Crippen LogP contribution in [0.3, 0.4) is 0 Å². The lowest BCUT2D eigenvalue weighted by molar-refractivity contribution is 0.0630. The smallest absolute Gasteiger partial charge is 0.279 e. The molecule has 1 aliphatic rings. The maximum Gasteiger partial charge on any atom is 0.279 e. The Morgan fingerprint density at radius 2 is 1.83 bits per heavy atom. The first-order chi connectivity index (χ1) is 14.1. The van der Waals surface area contributed by atoms with E-state index in [1.54, 1.807) is 36.4 Å². The Kier molecular flexibility index (Phi) is 5.34. The van der Waals surface area contributed by atoms with Crippen LogP contribution in [0.2, 0.25) is 0 Å². The first kappa shape index (κ1) is 19.2. The maximum atomic E-state index is 13.4. The summed E-state index contributed by atoms with van der Waals surface area (Å²) in [7, 11) is 0. The lowest BCUT2D eigenvalue weighted by Gasteiger charge is -2.33. The Morgan fingerprint density at radius 1 is 1.10 bits per heavy atom. The van der Waals surface area contributed by atoms with Crippen molar-refractivity contribution in [1.29, 1.82) is 0 Å². The minimum absolute atomic E-state index is 0.118. The van der Waals surface area contributed by atoms with Crippen molar-refractivity contribution >= 4 is 16.7 Å². The van der Waals surface area contributed by atoms with Crippen LogP contribution in [0.4, 0.5) is 0 Å². The van der Waals surface area contributed by atoms with Gasteiger partial charge in [-0.1, -0.05) is 18.2 Å². The molecule has 6 heteroatoms. The number of nitrogens with zero attached hydrogens (tertiary/aromatic N) is 3. The van der Waals surface area contributed by atoms with Gasteiger partial charge < -0.3 is 9.64 Å². The second kappa shape index (κ2) is 8.07. The van der Waals surface area contributed by atoms with Crippen LogP contribution in [0.5, 0.6) is 5.75 Å². The molecular weight excluding hydrogens is 366 g/mol. The normalized spacial score (nSPS) is 16.8. The van der Waals surface area contributed by atoms with E-state index in [-0.39, 0.29) is 17.5 Å². The average Bonchev–Trinajstić information content (AvgIpc) is 2.75. The van der Waals surface area contributed by atoms with Crippen LogP contribution in [0.15, 0.2) is 53.3 Å². The number of likely N-dealkylation sites (tertiary alicyclic amines) is 1. The number of ether oxygens (including phenoxy) is 1. The predicted octanol–water partition coefficient (Wildman–Crippen LogP) is 3.80. The molecule has 1 amide bonds. The Morgan fingerprint density at radius 3 is 2.52 bits per heavy atom. The van der Waals surface area contributed by atoms with Crippen LogP contribution in [0.25, 0.3) is 16.5 Å². The van der Waals surface area contributed by atoms with Crippen LogP contribution in [0.1, 0.15) is 43.6 Å². The molecule has 1 saturated heterocycles. The van der Waals surface area contributed by atoms with Crippen molar-refractivity contribution in [2.45, 2.75) is 39.2 Å². The van der Waals surface area contributed by atoms with Crippen LogP contribution in [-0.4, -0.2) is 39.8 Å². The van der Waals surface area contributed by atoms with Gasteiger partial charge in [-0.05, 0) is 63.4 Å². The molecule has 2 heterocycles. The van der Waals surface area contributed by atoms with Crippen molar-refractivity contribution in [2.75, 3.05) is 13.2 Å². The van der Waals surface area contributed by atoms with Crippen molar-refractivity contribution in [3.05, 3.63) is 64.6 Å². The Balaban J connectivity index is 1.85. The maximum absolute atomic E-state index is 13.4. The third kappa shape index (κ3) is 3.62. The number of hydrogen-bond acceptors (Lipinski definition) is 4. The number of benzene rings is 2. The number of carbonyl (C=O) groups excluding carboxylic acids is 1. The molecule has 0 aliphatic carbocycles. The highest BCUT2D eigenvalue weighted by molar-refractivity contribution is 6.05. The molecule has 150 valence electrons. The van der Waals surface area contributed by atoms with Gasteiger partial charge >= 0.3 is 0 Å². The van der Waals surface area contributed by atoms with Gasteiger partial charge in [-0.25, -0.2) is 0 Å². The predicted molar refractivity (Wildman–Crippen MR) is 113 cm³/mol. The highest BCUT2D eigenvalue weighted by Gasteiger charge is 2.27. The lowest BCUT2D eigenvalue weighted by atomic mass is 10.0. The van der Waals surface area contributed by atoms with Gasteiger partial charge in [0, 0.05) is 18.0 Å². The van der Waals surface area contributed by atoms with E-state index < -0.39 is 0 Å². The first-order valence-electron chi connectivity index (χ1n) is 10.2. The minimum Gasteiger partial charge on any atom is -0.494 e. The van der Waals surface area contributed by atoms with E-state index in [1.807, 2.05) is 24.0 Å². The average molecular weight is 391 g/mol. The van der Waals surface area contributed by atoms with Crippen LogP contribution >= 0.6 is 0 Å². The number of amides is 1. The zero-order chi connectivity index (χ0) is 20.4. The van der Waals surface area contributed by atoms with Crippen molar-refractivity contribution in [3.8, 4) is 11.4 Å². The zero-order valence-corrected chi connectivity index (χ0v) is 16.8. The summed E-state index contributed by atoms with van der Waals surface area (Å²) in [4.78, 5) is 28.4. The summed E-state index contributed by atoms with van der Waals surface area (Å²) in [5.74, 6) is 0.608. The number of fused-ring (bicyclic) bond motifs is 1. The lowest BCUT2D eigenvalue weighted by Crippen LogP contribution is -2.43. The number of rotatable bonds is 4. The molecule has 1 aromatic heterocycles. The molecule has 1 fully saturated rings. The van der Waals surface area contributed by atoms with Gasteiger partial charge in [-0.15, -0.1) is 0 Å². The number of carbonyl (C=O) groups is 1. The molecule has 0 radical (unpaired) electrons. The van der Waals surface area contributed by atoms with Gasteiger partial charge in [0.1, 0.15) is 5.75 Å². The summed E-state index contributed by atoms with van der Waals surface area (Å²) in [6, 6.07) is 14.5. The molecule has 1 aliphatic heterocycles. The molecule has 29 heavy (non-hydrogen) atoms. The van der Waals surface area contributed by atoms with Crippen LogP contribution < -0.4 is 10.3 Å². The Hall–Kier alpha value is -3.15. The molecule has 0 spiro atoms. The molecule has 0 N–H and O–H groups in total. The monoisotopic (exact) mass is 391 g/mol. The quantitative estimate of drug-likeness (QED) is 0.679. The summed E-state index contributed by atoms with van der Waals surface area (Å²) >= 11 is 0. The Bertz CT molecular complexity index is 1090. The molecule has 2 aromatic carbocycles. The number of aromatic nitrogens is 2. The van der Waals surface area contributed by atoms with Gasteiger partial charge in [-0.2, -0.15) is 9.78 Å². The number of hydrogen-bond donors (Lipinski definition) is 0. The zero-order valence-electron chi connectivity index (χ0n) is 16.8. The summed E-state index contributed by atoms with van der Waals surface area (Å²) < 4.78 is 6.80. The third-order valence-electron chi connectivity index (χ3n) is 5.46. The van der Waals surface area contributed by atoms with Gasteiger partial charge in [0.2, 0.25) is 0 Å². The first-order valence-corrected chi connectivity index (χ1v) is 10.2. The van der Waals surface area contributed by atoms with E-state index in [0.29, 0.717) is 28.8 Å². The molecule has 4 rings (SSSR count). The summed E-state index contributed by atoms with van der Waals surface area (Å²) in [6.45, 7) is 5.28. The molecule has 0 bridgehead atoms. The van der Waals surface area contributed by atoms with Crippen molar-refractivity contribution < 1.29 is 9.53 Å². The fraction of sp³-hybridized carbons (Fsp3) is 0.348. The topological polar surface area (TPSA) is 64.4 Å². The second-order valence-corrected chi connectivity index (χ2v) is 7.38. The highest BCUT2D eigenvalue weighted by atomic mass is 16.5. The van der Waals surface area contributed by atoms with E-state index in [4.69, 9.17) is 4.74 Å². The summed E-state index contributed by atoms with van der Waals surface area (Å²) in [6.07, 6.45) is 3.11. The van der Waals surface area contributed by atoms with E-state index in [2.05, 4.69) is 12.0 Å². The molecule has 1 atom stereocenters. The van der Waals surface area contributed by atoms with Gasteiger partial charge in [0.05, 0.1) is 17.7 Å². The largest absolute Gasteiger partial charge is 0.494 e. The van der Waals surface area contributed by atoms with Gasteiger partial charge in [-0.3, -0.25) is 9.59 Å². The van der Waals surface area contributed by atoms with Gasteiger partial charge in [0.25, 0.3) is 11.5 Å². The van der Waals surface area contributed by atoms with Crippen molar-refractivity contribution in [1.82, 2.24) is 14.7 Å². The molecule has 6 nitrogen and oxygen atoms in total. The van der Waals surface area contributed by atoms with E-state index in [1.165, 1.54) is 4.68 Å².